The Kier molecular flexibility index (Phi) is 3.89. The Bertz CT molecular complexity index is 555. The molecule has 0 saturated heterocycles. The van der Waals surface area contributed by atoms with Crippen molar-refractivity contribution in [3.8, 4) is 5.75 Å². The molecule has 2 N–H and O–H groups in total. The van der Waals surface area contributed by atoms with Gasteiger partial charge in [0.05, 0.1) is 10.0 Å². The molecule has 0 radical (unpaired) electrons. The Labute approximate surface area is 115 Å². The van der Waals surface area contributed by atoms with E-state index in [1.54, 1.807) is 24.3 Å². The van der Waals surface area contributed by atoms with E-state index in [4.69, 9.17) is 33.7 Å². The van der Waals surface area contributed by atoms with Crippen molar-refractivity contribution in [1.82, 2.24) is 9.97 Å². The molecular weight excluding hydrogens is 273 g/mol. The number of hydrogen-bond acceptors (Lipinski definition) is 4. The van der Waals surface area contributed by atoms with E-state index in [1.807, 2.05) is 6.92 Å². The van der Waals surface area contributed by atoms with Gasteiger partial charge in [-0.3, -0.25) is 0 Å². The third-order valence-electron chi connectivity index (χ3n) is 2.18. The molecule has 6 heteroatoms. The Morgan fingerprint density at radius 2 is 1.94 bits per heavy atom. The molecule has 1 aromatic heterocycles. The van der Waals surface area contributed by atoms with Crippen LogP contribution in [0.4, 0.5) is 5.82 Å². The van der Waals surface area contributed by atoms with Gasteiger partial charge in [0.1, 0.15) is 18.2 Å². The van der Waals surface area contributed by atoms with Gasteiger partial charge >= 0.3 is 0 Å². The van der Waals surface area contributed by atoms with E-state index in [9.17, 15) is 0 Å². The smallest absolute Gasteiger partial charge is 0.168 e. The van der Waals surface area contributed by atoms with Crippen LogP contribution in [0.15, 0.2) is 24.3 Å². The van der Waals surface area contributed by atoms with Crippen molar-refractivity contribution >= 4 is 29.0 Å². The summed E-state index contributed by atoms with van der Waals surface area (Å²) in [5, 5.41) is 0.930. The van der Waals surface area contributed by atoms with Crippen LogP contribution < -0.4 is 10.5 Å². The number of ether oxygens (including phenoxy) is 1. The highest BCUT2D eigenvalue weighted by atomic mass is 35.5. The summed E-state index contributed by atoms with van der Waals surface area (Å²) in [5.74, 6) is 1.56. The van der Waals surface area contributed by atoms with Gasteiger partial charge in [0.2, 0.25) is 0 Å². The number of hydrogen-bond donors (Lipinski definition) is 1. The van der Waals surface area contributed by atoms with Gasteiger partial charge in [-0.2, -0.15) is 0 Å². The Morgan fingerprint density at radius 3 is 2.61 bits per heavy atom. The fraction of sp³-hybridized carbons (Fsp3) is 0.167. The van der Waals surface area contributed by atoms with Crippen molar-refractivity contribution in [1.29, 1.82) is 0 Å². The summed E-state index contributed by atoms with van der Waals surface area (Å²) in [6.07, 6.45) is 0. The molecule has 0 aliphatic carbocycles. The first-order valence-electron chi connectivity index (χ1n) is 5.22. The van der Waals surface area contributed by atoms with Gasteiger partial charge in [0.15, 0.2) is 5.82 Å². The van der Waals surface area contributed by atoms with E-state index >= 15 is 0 Å². The maximum Gasteiger partial charge on any atom is 0.168 e. The van der Waals surface area contributed by atoms with E-state index in [-0.39, 0.29) is 6.61 Å². The number of aromatic nitrogens is 2. The van der Waals surface area contributed by atoms with Crippen LogP contribution in [0.3, 0.4) is 0 Å². The Balaban J connectivity index is 2.08. The molecule has 18 heavy (non-hydrogen) atoms. The lowest BCUT2D eigenvalue weighted by atomic mass is 10.3. The monoisotopic (exact) mass is 283 g/mol. The summed E-state index contributed by atoms with van der Waals surface area (Å²) >= 11 is 11.7. The molecule has 2 aromatic rings. The van der Waals surface area contributed by atoms with E-state index < -0.39 is 0 Å². The highest BCUT2D eigenvalue weighted by molar-refractivity contribution is 6.42. The standard InChI is InChI=1S/C12H11Cl2N3O/c1-7-4-11(15)17-12(16-7)6-18-8-2-3-9(13)10(14)5-8/h2-5H,6H2,1H3,(H2,15,16,17). The molecule has 0 bridgehead atoms. The Morgan fingerprint density at radius 1 is 1.17 bits per heavy atom. The van der Waals surface area contributed by atoms with Gasteiger partial charge in [-0.25, -0.2) is 9.97 Å². The zero-order chi connectivity index (χ0) is 13.1. The zero-order valence-corrected chi connectivity index (χ0v) is 11.2. The molecule has 0 unspecified atom stereocenters. The van der Waals surface area contributed by atoms with Crippen LogP contribution in [0.5, 0.6) is 5.75 Å². The van der Waals surface area contributed by atoms with Crippen LogP contribution in [-0.4, -0.2) is 9.97 Å². The fourth-order valence-electron chi connectivity index (χ4n) is 1.44. The lowest BCUT2D eigenvalue weighted by Gasteiger charge is -2.07. The summed E-state index contributed by atoms with van der Waals surface area (Å²) in [6.45, 7) is 2.07. The molecule has 1 aromatic carbocycles. The molecule has 94 valence electrons. The highest BCUT2D eigenvalue weighted by Crippen LogP contribution is 2.26. The maximum absolute atomic E-state index is 5.88. The predicted octanol–water partition coefficient (Wildman–Crippen LogP) is 3.25. The number of nitrogens with zero attached hydrogens (tertiary/aromatic N) is 2. The topological polar surface area (TPSA) is 61.0 Å². The molecule has 0 spiro atoms. The third kappa shape index (κ3) is 3.24. The minimum atomic E-state index is 0.226. The number of halogens is 2. The normalized spacial score (nSPS) is 10.4. The summed E-state index contributed by atoms with van der Waals surface area (Å²) < 4.78 is 5.51. The molecule has 2 rings (SSSR count). The first kappa shape index (κ1) is 12.9. The second kappa shape index (κ2) is 5.42. The molecule has 0 atom stereocenters. The van der Waals surface area contributed by atoms with Crippen LogP contribution in [0.1, 0.15) is 11.5 Å². The van der Waals surface area contributed by atoms with Crippen molar-refractivity contribution in [2.75, 3.05) is 5.73 Å². The maximum atomic E-state index is 5.88. The lowest BCUT2D eigenvalue weighted by molar-refractivity contribution is 0.296. The van der Waals surface area contributed by atoms with Crippen LogP contribution in [0.25, 0.3) is 0 Å². The van der Waals surface area contributed by atoms with Gasteiger partial charge < -0.3 is 10.5 Å². The third-order valence-corrected chi connectivity index (χ3v) is 2.92. The number of nitrogens with two attached hydrogens (primary N) is 1. The second-order valence-corrected chi connectivity index (χ2v) is 4.53. The zero-order valence-electron chi connectivity index (χ0n) is 9.65. The van der Waals surface area contributed by atoms with Gasteiger partial charge in [0, 0.05) is 17.8 Å². The summed E-state index contributed by atoms with van der Waals surface area (Å²) in [5.41, 5.74) is 6.43. The largest absolute Gasteiger partial charge is 0.486 e. The fourth-order valence-corrected chi connectivity index (χ4v) is 1.72. The van der Waals surface area contributed by atoms with Crippen molar-refractivity contribution in [2.24, 2.45) is 0 Å². The number of benzene rings is 1. The second-order valence-electron chi connectivity index (χ2n) is 3.72. The molecule has 4 nitrogen and oxygen atoms in total. The average molecular weight is 284 g/mol. The van der Waals surface area contributed by atoms with Crippen molar-refractivity contribution < 1.29 is 4.74 Å². The van der Waals surface area contributed by atoms with Crippen molar-refractivity contribution in [2.45, 2.75) is 13.5 Å². The van der Waals surface area contributed by atoms with Gasteiger partial charge in [-0.15, -0.1) is 0 Å². The van der Waals surface area contributed by atoms with E-state index in [0.717, 1.165) is 5.69 Å². The van der Waals surface area contributed by atoms with Gasteiger partial charge in [-0.05, 0) is 19.1 Å². The van der Waals surface area contributed by atoms with E-state index in [1.165, 1.54) is 0 Å². The molecule has 0 fully saturated rings. The Hall–Kier alpha value is -1.52. The first-order valence-corrected chi connectivity index (χ1v) is 5.98. The minimum absolute atomic E-state index is 0.226. The van der Waals surface area contributed by atoms with Crippen LogP contribution in [0.2, 0.25) is 10.0 Å². The lowest BCUT2D eigenvalue weighted by Crippen LogP contribution is -2.05. The summed E-state index contributed by atoms with van der Waals surface area (Å²) in [7, 11) is 0. The number of rotatable bonds is 3. The van der Waals surface area contributed by atoms with Gasteiger partial charge in [0.25, 0.3) is 0 Å². The average Bonchev–Trinajstić information content (AvgIpc) is 2.29. The number of nitrogen functional groups attached to an aromatic ring is 1. The van der Waals surface area contributed by atoms with E-state index in [0.29, 0.717) is 27.4 Å². The molecule has 1 heterocycles. The molecule has 0 aliphatic heterocycles. The predicted molar refractivity (Wildman–Crippen MR) is 72.0 cm³/mol. The molecular formula is C12H11Cl2N3O. The molecule has 0 amide bonds. The summed E-state index contributed by atoms with van der Waals surface area (Å²) in [4.78, 5) is 8.29. The van der Waals surface area contributed by atoms with Crippen LogP contribution >= 0.6 is 23.2 Å². The highest BCUT2D eigenvalue weighted by Gasteiger charge is 2.03. The number of anilines is 1. The van der Waals surface area contributed by atoms with Gasteiger partial charge in [-0.1, -0.05) is 23.2 Å². The van der Waals surface area contributed by atoms with Crippen LogP contribution in [-0.2, 0) is 6.61 Å². The van der Waals surface area contributed by atoms with Crippen molar-refractivity contribution in [3.05, 3.63) is 45.8 Å². The summed E-state index contributed by atoms with van der Waals surface area (Å²) in [6, 6.07) is 6.74. The van der Waals surface area contributed by atoms with E-state index in [2.05, 4.69) is 9.97 Å². The molecule has 0 aliphatic rings. The SMILES string of the molecule is Cc1cc(N)nc(COc2ccc(Cl)c(Cl)c2)n1. The molecule has 0 saturated carbocycles. The quantitative estimate of drug-likeness (QED) is 0.939. The van der Waals surface area contributed by atoms with Crippen molar-refractivity contribution in [3.63, 3.8) is 0 Å². The van der Waals surface area contributed by atoms with Crippen LogP contribution in [0, 0.1) is 6.92 Å². The minimum Gasteiger partial charge on any atom is -0.486 e. The first-order chi connectivity index (χ1) is 8.54. The number of aryl methyl sites for hydroxylation is 1.